The number of halogens is 1. The van der Waals surface area contributed by atoms with Crippen molar-refractivity contribution in [2.24, 2.45) is 0 Å². The van der Waals surface area contributed by atoms with Crippen LogP contribution in [0.15, 0.2) is 27.4 Å². The van der Waals surface area contributed by atoms with Crippen molar-refractivity contribution in [2.45, 2.75) is 6.67 Å². The van der Waals surface area contributed by atoms with Gasteiger partial charge >= 0.3 is 5.76 Å². The lowest BCUT2D eigenvalue weighted by Crippen LogP contribution is -1.92. The molecule has 1 heterocycles. The van der Waals surface area contributed by atoms with Crippen LogP contribution in [0.5, 0.6) is 0 Å². The maximum absolute atomic E-state index is 12.1. The van der Waals surface area contributed by atoms with E-state index in [9.17, 15) is 9.18 Å². The van der Waals surface area contributed by atoms with E-state index < -0.39 is 12.4 Å². The summed E-state index contributed by atoms with van der Waals surface area (Å²) in [4.78, 5) is 13.1. The third-order valence-electron chi connectivity index (χ3n) is 1.64. The van der Waals surface area contributed by atoms with Crippen LogP contribution in [0.2, 0.25) is 0 Å². The first-order chi connectivity index (χ1) is 5.79. The molecule has 0 aliphatic heterocycles. The Hall–Kier alpha value is -1.58. The van der Waals surface area contributed by atoms with Gasteiger partial charge in [-0.2, -0.15) is 0 Å². The molecular weight excluding hydrogens is 161 g/mol. The molecule has 0 bridgehead atoms. The molecule has 12 heavy (non-hydrogen) atoms. The van der Waals surface area contributed by atoms with Gasteiger partial charge in [0.2, 0.25) is 0 Å². The summed E-state index contributed by atoms with van der Waals surface area (Å²) in [7, 11) is 0. The molecule has 0 aliphatic rings. The van der Waals surface area contributed by atoms with E-state index in [1.54, 1.807) is 18.2 Å². The third kappa shape index (κ3) is 1.01. The summed E-state index contributed by atoms with van der Waals surface area (Å²) >= 11 is 0. The summed E-state index contributed by atoms with van der Waals surface area (Å²) in [5.74, 6) is -0.513. The first-order valence-corrected chi connectivity index (χ1v) is 3.47. The molecule has 0 fully saturated rings. The molecule has 4 heteroatoms. The molecule has 0 saturated carbocycles. The van der Waals surface area contributed by atoms with E-state index in [1.807, 2.05) is 0 Å². The van der Waals surface area contributed by atoms with E-state index in [1.165, 1.54) is 0 Å². The van der Waals surface area contributed by atoms with Crippen LogP contribution in [0.25, 0.3) is 11.1 Å². The Labute approximate surface area is 66.8 Å². The third-order valence-corrected chi connectivity index (χ3v) is 1.64. The molecule has 1 aromatic heterocycles. The summed E-state index contributed by atoms with van der Waals surface area (Å²) in [5.41, 5.74) is 1.52. The molecule has 0 spiro atoms. The van der Waals surface area contributed by atoms with Crippen molar-refractivity contribution in [2.75, 3.05) is 0 Å². The molecule has 2 rings (SSSR count). The zero-order chi connectivity index (χ0) is 8.55. The van der Waals surface area contributed by atoms with E-state index in [2.05, 4.69) is 4.98 Å². The number of hydrogen-bond donors (Lipinski definition) is 1. The van der Waals surface area contributed by atoms with Crippen molar-refractivity contribution in [3.05, 3.63) is 34.3 Å². The van der Waals surface area contributed by atoms with Crippen molar-refractivity contribution in [3.63, 3.8) is 0 Å². The highest BCUT2D eigenvalue weighted by Crippen LogP contribution is 2.12. The average molecular weight is 167 g/mol. The molecule has 1 N–H and O–H groups in total. The lowest BCUT2D eigenvalue weighted by Gasteiger charge is -1.91. The summed E-state index contributed by atoms with van der Waals surface area (Å²) < 4.78 is 16.9. The fraction of sp³-hybridized carbons (Fsp3) is 0.125. The summed E-state index contributed by atoms with van der Waals surface area (Å²) in [6.07, 6.45) is 0. The fourth-order valence-electron chi connectivity index (χ4n) is 1.08. The molecule has 0 saturated heterocycles. The van der Waals surface area contributed by atoms with Crippen molar-refractivity contribution in [1.82, 2.24) is 4.98 Å². The molecule has 0 atom stereocenters. The smallest absolute Gasteiger partial charge is 0.408 e. The van der Waals surface area contributed by atoms with Gasteiger partial charge in [0.25, 0.3) is 0 Å². The van der Waals surface area contributed by atoms with Gasteiger partial charge in [-0.25, -0.2) is 9.18 Å². The topological polar surface area (TPSA) is 46.0 Å². The average Bonchev–Trinajstić information content (AvgIpc) is 2.43. The van der Waals surface area contributed by atoms with E-state index in [0.29, 0.717) is 16.7 Å². The minimum absolute atomic E-state index is 0.456. The first-order valence-electron chi connectivity index (χ1n) is 3.47. The number of aromatic amines is 1. The van der Waals surface area contributed by atoms with Crippen LogP contribution in [-0.2, 0) is 6.67 Å². The highest BCUT2D eigenvalue weighted by Gasteiger charge is 2.00. The van der Waals surface area contributed by atoms with E-state index >= 15 is 0 Å². The fourth-order valence-corrected chi connectivity index (χ4v) is 1.08. The largest absolute Gasteiger partial charge is 0.417 e. The second kappa shape index (κ2) is 2.48. The number of hydrogen-bond acceptors (Lipinski definition) is 2. The Morgan fingerprint density at radius 3 is 3.08 bits per heavy atom. The maximum Gasteiger partial charge on any atom is 0.417 e. The van der Waals surface area contributed by atoms with Crippen molar-refractivity contribution < 1.29 is 8.81 Å². The van der Waals surface area contributed by atoms with Crippen LogP contribution in [0, 0.1) is 0 Å². The van der Waals surface area contributed by atoms with Crippen LogP contribution >= 0.6 is 0 Å². The minimum atomic E-state index is -0.539. The Morgan fingerprint density at radius 1 is 1.50 bits per heavy atom. The van der Waals surface area contributed by atoms with Crippen molar-refractivity contribution in [3.8, 4) is 0 Å². The minimum Gasteiger partial charge on any atom is -0.408 e. The second-order valence-electron chi connectivity index (χ2n) is 2.48. The molecule has 0 amide bonds. The highest BCUT2D eigenvalue weighted by molar-refractivity contribution is 5.72. The van der Waals surface area contributed by atoms with Crippen molar-refractivity contribution >= 4 is 11.1 Å². The lowest BCUT2D eigenvalue weighted by atomic mass is 10.2. The van der Waals surface area contributed by atoms with Crippen LogP contribution in [0.4, 0.5) is 4.39 Å². The number of aromatic nitrogens is 1. The number of H-pyrrole nitrogens is 1. The van der Waals surface area contributed by atoms with Gasteiger partial charge in [0.05, 0.1) is 5.52 Å². The highest BCUT2D eigenvalue weighted by atomic mass is 19.1. The standard InChI is InChI=1S/C8H6FNO2/c9-4-5-1-2-7-6(3-5)10-8(11)12-7/h1-3H,4H2,(H,10,11). The van der Waals surface area contributed by atoms with Gasteiger partial charge in [0, 0.05) is 0 Å². The molecule has 0 unspecified atom stereocenters. The van der Waals surface area contributed by atoms with Crippen LogP contribution < -0.4 is 5.76 Å². The van der Waals surface area contributed by atoms with Crippen LogP contribution in [0.3, 0.4) is 0 Å². The molecule has 0 radical (unpaired) electrons. The number of oxazole rings is 1. The number of benzene rings is 1. The summed E-state index contributed by atoms with van der Waals surface area (Å²) in [5, 5.41) is 0. The number of fused-ring (bicyclic) bond motifs is 1. The van der Waals surface area contributed by atoms with Gasteiger partial charge < -0.3 is 4.42 Å². The Bertz CT molecular complexity index is 457. The van der Waals surface area contributed by atoms with E-state index in [-0.39, 0.29) is 0 Å². The van der Waals surface area contributed by atoms with Gasteiger partial charge in [0.1, 0.15) is 6.67 Å². The number of nitrogens with one attached hydrogen (secondary N) is 1. The Balaban J connectivity index is 2.74. The monoisotopic (exact) mass is 167 g/mol. The molecular formula is C8H6FNO2. The maximum atomic E-state index is 12.1. The number of alkyl halides is 1. The summed E-state index contributed by atoms with van der Waals surface area (Å²) in [6.45, 7) is -0.539. The predicted molar refractivity (Wildman–Crippen MR) is 41.6 cm³/mol. The SMILES string of the molecule is O=c1[nH]c2cc(CF)ccc2o1. The van der Waals surface area contributed by atoms with Gasteiger partial charge in [-0.05, 0) is 17.7 Å². The first kappa shape index (κ1) is 7.09. The Kier molecular flexibility index (Phi) is 1.46. The zero-order valence-electron chi connectivity index (χ0n) is 6.13. The van der Waals surface area contributed by atoms with Crippen LogP contribution in [-0.4, -0.2) is 4.98 Å². The van der Waals surface area contributed by atoms with Gasteiger partial charge in [-0.1, -0.05) is 6.07 Å². The predicted octanol–water partition coefficient (Wildman–Crippen LogP) is 1.59. The van der Waals surface area contributed by atoms with Gasteiger partial charge in [0.15, 0.2) is 5.58 Å². The molecule has 3 nitrogen and oxygen atoms in total. The molecule has 1 aromatic carbocycles. The van der Waals surface area contributed by atoms with E-state index in [0.717, 1.165) is 0 Å². The Morgan fingerprint density at radius 2 is 2.33 bits per heavy atom. The lowest BCUT2D eigenvalue weighted by molar-refractivity contribution is 0.485. The van der Waals surface area contributed by atoms with Crippen molar-refractivity contribution in [1.29, 1.82) is 0 Å². The number of rotatable bonds is 1. The quantitative estimate of drug-likeness (QED) is 0.701. The van der Waals surface area contributed by atoms with Gasteiger partial charge in [-0.3, -0.25) is 4.98 Å². The molecule has 62 valence electrons. The zero-order valence-corrected chi connectivity index (χ0v) is 6.13. The molecule has 2 aromatic rings. The van der Waals surface area contributed by atoms with Crippen LogP contribution in [0.1, 0.15) is 5.56 Å². The molecule has 0 aliphatic carbocycles. The van der Waals surface area contributed by atoms with E-state index in [4.69, 9.17) is 4.42 Å². The summed E-state index contributed by atoms with van der Waals surface area (Å²) in [6, 6.07) is 4.71. The normalized spacial score (nSPS) is 10.8. The second-order valence-corrected chi connectivity index (χ2v) is 2.48. The van der Waals surface area contributed by atoms with Gasteiger partial charge in [-0.15, -0.1) is 0 Å².